The van der Waals surface area contributed by atoms with E-state index in [1.807, 2.05) is 13.8 Å². The topological polar surface area (TPSA) is 288 Å². The normalized spacial score (nSPS) is 19.1. The minimum absolute atomic E-state index is 0.224. The Bertz CT molecular complexity index is 963. The summed E-state index contributed by atoms with van der Waals surface area (Å²) in [5, 5.41) is 9.42. The molecule has 0 spiro atoms. The summed E-state index contributed by atoms with van der Waals surface area (Å²) in [6.07, 6.45) is 8.79. The SMILES string of the molecule is CCCCCCCCOP(=O)(O)OP(=O)(O)OC([O][Ti](=[O])[OH])(OP(=O)(O)OP(=O)(O)OCCCCCCCC)C(=O)O. The first-order valence-electron chi connectivity index (χ1n) is 12.9. The Balaban J connectivity index is 5.47. The predicted octanol–water partition coefficient (Wildman–Crippen LogP) is 4.75. The van der Waals surface area contributed by atoms with Gasteiger partial charge in [0.1, 0.15) is 0 Å². The van der Waals surface area contributed by atoms with Crippen molar-refractivity contribution in [3.8, 4) is 0 Å². The molecule has 4 unspecified atom stereocenters. The van der Waals surface area contributed by atoms with Crippen LogP contribution < -0.4 is 0 Å². The van der Waals surface area contributed by atoms with Crippen LogP contribution in [0, 0.1) is 0 Å². The van der Waals surface area contributed by atoms with E-state index in [2.05, 4.69) is 30.0 Å². The fourth-order valence-electron chi connectivity index (χ4n) is 3.06. The summed E-state index contributed by atoms with van der Waals surface area (Å²) in [6, 6.07) is 0. The number of rotatable bonds is 27. The zero-order chi connectivity index (χ0) is 32.5. The molecule has 0 aromatic rings. The van der Waals surface area contributed by atoms with Crippen LogP contribution in [0.3, 0.4) is 0 Å². The molecule has 0 fully saturated rings. The number of carboxylic acids is 1. The van der Waals surface area contributed by atoms with Crippen molar-refractivity contribution in [3.63, 3.8) is 0 Å². The standard InChI is InChI=1S/C18H39O17P4.H2O.O.Ti/c1-3-5-7-9-11-13-15-30-36(22,23)34-38(26,27)32-18(21,17(19)20)33-39(28,29)35-37(24,25)31-16-14-12-10-8-6-4-2;;;/h3-16H2,1-2H3,(H,19,20)(H,22,23)(H,24,25)(H,26,27)(H,28,29);1H2;;/q-1;;;+2/p-1. The molecule has 0 bridgehead atoms. The zero-order valence-electron chi connectivity index (χ0n) is 23.2. The summed E-state index contributed by atoms with van der Waals surface area (Å²) in [7, 11) is -23.4. The number of carbonyl (C=O) groups is 1. The molecule has 4 atom stereocenters. The van der Waals surface area contributed by atoms with Gasteiger partial charge in [0.2, 0.25) is 0 Å². The van der Waals surface area contributed by atoms with Crippen molar-refractivity contribution in [2.45, 2.75) is 96.9 Å². The average Bonchev–Trinajstić information content (AvgIpc) is 2.80. The number of unbranched alkanes of at least 4 members (excludes halogenated alkanes) is 10. The second kappa shape index (κ2) is 20.5. The summed E-state index contributed by atoms with van der Waals surface area (Å²) >= 11 is -5.28. The maximum atomic E-state index is 12.3. The van der Waals surface area contributed by atoms with Crippen molar-refractivity contribution in [2.75, 3.05) is 13.2 Å². The molecule has 0 saturated heterocycles. The van der Waals surface area contributed by atoms with E-state index in [1.165, 1.54) is 0 Å². The van der Waals surface area contributed by atoms with Gasteiger partial charge < -0.3 is 0 Å². The first-order chi connectivity index (χ1) is 19.3. The van der Waals surface area contributed by atoms with Gasteiger partial charge in [-0.25, -0.2) is 0 Å². The molecular weight excluding hydrogens is 692 g/mol. The Morgan fingerprint density at radius 3 is 1.29 bits per heavy atom. The van der Waals surface area contributed by atoms with Crippen LogP contribution in [0.1, 0.15) is 90.9 Å². The van der Waals surface area contributed by atoms with E-state index in [0.29, 0.717) is 12.8 Å². The van der Waals surface area contributed by atoms with Gasteiger partial charge in [-0.15, -0.1) is 0 Å². The third-order valence-electron chi connectivity index (χ3n) is 4.87. The van der Waals surface area contributed by atoms with Crippen LogP contribution in [-0.2, 0) is 75.0 Å². The van der Waals surface area contributed by atoms with Gasteiger partial charge in [0.25, 0.3) is 0 Å². The molecule has 0 aliphatic carbocycles. The second-order valence-electron chi connectivity index (χ2n) is 8.65. The van der Waals surface area contributed by atoms with Crippen molar-refractivity contribution < 1.29 is 103 Å². The summed E-state index contributed by atoms with van der Waals surface area (Å²) in [4.78, 5) is 50.9. The summed E-state index contributed by atoms with van der Waals surface area (Å²) in [5.41, 5.74) is 0. The Morgan fingerprint density at radius 1 is 0.643 bits per heavy atom. The first kappa shape index (κ1) is 42.4. The molecule has 6 N–H and O–H groups in total. The summed E-state index contributed by atoms with van der Waals surface area (Å²) < 4.78 is 98.1. The van der Waals surface area contributed by atoms with Gasteiger partial charge in [-0.3, -0.25) is 0 Å². The van der Waals surface area contributed by atoms with Crippen LogP contribution in [-0.4, -0.2) is 53.5 Å². The van der Waals surface area contributed by atoms with Crippen LogP contribution >= 0.6 is 31.3 Å². The Hall–Kier alpha value is 0.424. The van der Waals surface area contributed by atoms with Gasteiger partial charge in [0.05, 0.1) is 0 Å². The van der Waals surface area contributed by atoms with Gasteiger partial charge in [0, 0.05) is 0 Å². The molecule has 0 aromatic carbocycles. The second-order valence-corrected chi connectivity index (χ2v) is 15.7. The van der Waals surface area contributed by atoms with E-state index < -0.39 is 75.1 Å². The van der Waals surface area contributed by atoms with Crippen LogP contribution in [0.4, 0.5) is 0 Å². The molecule has 0 radical (unpaired) electrons. The molecule has 0 saturated carbocycles. The number of hydrogen-bond donors (Lipinski definition) is 6. The summed E-state index contributed by atoms with van der Waals surface area (Å²) in [6.45, 7) is 3.09. The third-order valence-corrected chi connectivity index (χ3v) is 10.8. The van der Waals surface area contributed by atoms with Crippen LogP contribution in [0.25, 0.3) is 0 Å². The van der Waals surface area contributed by atoms with E-state index in [4.69, 9.17) is 3.69 Å². The minimum atomic E-state index is -6.23. The molecule has 0 amide bonds. The van der Waals surface area contributed by atoms with Crippen LogP contribution in [0.2, 0.25) is 0 Å². The average molecular weight is 732 g/mol. The van der Waals surface area contributed by atoms with Crippen LogP contribution in [0.15, 0.2) is 0 Å². The third kappa shape index (κ3) is 20.5. The maximum absolute atomic E-state index is 12.3. The zero-order valence-corrected chi connectivity index (χ0v) is 28.3. The molecule has 0 aliphatic heterocycles. The quantitative estimate of drug-likeness (QED) is 0.0287. The monoisotopic (exact) mass is 732 g/mol. The molecule has 0 rings (SSSR count). The van der Waals surface area contributed by atoms with E-state index >= 15 is 0 Å². The number of hydrogen-bond acceptors (Lipinski definition) is 13. The van der Waals surface area contributed by atoms with Gasteiger partial charge in [0.15, 0.2) is 0 Å². The molecule has 0 heterocycles. The van der Waals surface area contributed by atoms with Gasteiger partial charge in [-0.1, -0.05) is 39.5 Å². The fraction of sp³-hybridized carbons (Fsp3) is 0.944. The van der Waals surface area contributed by atoms with Crippen molar-refractivity contribution >= 4 is 37.3 Å². The Labute approximate surface area is 250 Å². The number of carboxylic acid groups (broad SMARTS) is 1. The number of phosphoric acid groups is 4. The van der Waals surface area contributed by atoms with E-state index in [0.717, 1.165) is 51.4 Å². The Kier molecular flexibility index (Phi) is 20.7. The van der Waals surface area contributed by atoms with Crippen LogP contribution in [0.5, 0.6) is 0 Å². The van der Waals surface area contributed by atoms with E-state index in [-0.39, 0.29) is 12.8 Å². The fourth-order valence-corrected chi connectivity index (χ4v) is 8.33. The molecule has 42 heavy (non-hydrogen) atoms. The molecule has 19 nitrogen and oxygen atoms in total. The van der Waals surface area contributed by atoms with E-state index in [1.54, 1.807) is 0 Å². The van der Waals surface area contributed by atoms with Gasteiger partial charge in [-0.05, 0) is 0 Å². The molecule has 250 valence electrons. The molecule has 0 aliphatic rings. The molecule has 0 aromatic heterocycles. The van der Waals surface area contributed by atoms with Gasteiger partial charge >= 0.3 is 211 Å². The predicted molar refractivity (Wildman–Crippen MR) is 137 cm³/mol. The summed E-state index contributed by atoms with van der Waals surface area (Å²) in [5.74, 6) is -7.31. The number of phosphoric ester groups is 4. The van der Waals surface area contributed by atoms with Crippen molar-refractivity contribution in [1.29, 1.82) is 0 Å². The van der Waals surface area contributed by atoms with Gasteiger partial charge in [-0.2, -0.15) is 0 Å². The van der Waals surface area contributed by atoms with E-state index in [9.17, 15) is 51.1 Å². The Morgan fingerprint density at radius 2 is 0.976 bits per heavy atom. The molecular formula is C18H40O19P4Ti. The van der Waals surface area contributed by atoms with Crippen molar-refractivity contribution in [3.05, 3.63) is 0 Å². The van der Waals surface area contributed by atoms with Crippen molar-refractivity contribution in [1.82, 2.24) is 0 Å². The number of aliphatic carboxylic acids is 1. The van der Waals surface area contributed by atoms with Crippen molar-refractivity contribution in [2.24, 2.45) is 0 Å². The molecule has 24 heteroatoms. The first-order valence-corrected chi connectivity index (χ1v) is 20.9.